The van der Waals surface area contributed by atoms with Gasteiger partial charge < -0.3 is 9.80 Å². The molecule has 0 N–H and O–H groups in total. The standard InChI is InChI=1S/C22H20F3N3O/c23-22(24,25)18-5-6-19(17(13-18)14-26)27-10-7-16(8-11-27)21(29)28-12-9-15-3-1-2-4-20(15)28/h1-6,13,16H,7-12H2. The normalized spacial score (nSPS) is 17.2. The van der Waals surface area contributed by atoms with Crippen molar-refractivity contribution in [3.05, 3.63) is 59.2 Å². The number of anilines is 2. The summed E-state index contributed by atoms with van der Waals surface area (Å²) in [7, 11) is 0. The van der Waals surface area contributed by atoms with Crippen molar-refractivity contribution < 1.29 is 18.0 Å². The van der Waals surface area contributed by atoms with Gasteiger partial charge in [-0.1, -0.05) is 18.2 Å². The Hall–Kier alpha value is -3.01. The first-order valence-corrected chi connectivity index (χ1v) is 9.64. The highest BCUT2D eigenvalue weighted by atomic mass is 19.4. The van der Waals surface area contributed by atoms with Gasteiger partial charge in [0.05, 0.1) is 16.8 Å². The molecule has 0 spiro atoms. The molecule has 2 aliphatic heterocycles. The SMILES string of the molecule is N#Cc1cc(C(F)(F)F)ccc1N1CCC(C(=O)N2CCc3ccccc32)CC1. The lowest BCUT2D eigenvalue weighted by atomic mass is 9.94. The first-order chi connectivity index (χ1) is 13.9. The van der Waals surface area contributed by atoms with Crippen molar-refractivity contribution in [2.75, 3.05) is 29.4 Å². The molecule has 0 atom stereocenters. The number of hydrogen-bond acceptors (Lipinski definition) is 3. The maximum atomic E-state index is 13.0. The molecule has 4 nitrogen and oxygen atoms in total. The van der Waals surface area contributed by atoms with E-state index in [0.717, 1.165) is 24.2 Å². The average molecular weight is 399 g/mol. The molecule has 150 valence electrons. The summed E-state index contributed by atoms with van der Waals surface area (Å²) in [6, 6.07) is 13.1. The lowest BCUT2D eigenvalue weighted by Crippen LogP contribution is -2.42. The van der Waals surface area contributed by atoms with Gasteiger partial charge in [-0.05, 0) is 49.1 Å². The van der Waals surface area contributed by atoms with Gasteiger partial charge in [0.1, 0.15) is 6.07 Å². The van der Waals surface area contributed by atoms with Crippen molar-refractivity contribution in [2.24, 2.45) is 5.92 Å². The Morgan fingerprint density at radius 1 is 1.03 bits per heavy atom. The molecule has 7 heteroatoms. The van der Waals surface area contributed by atoms with Gasteiger partial charge in [0.2, 0.25) is 5.91 Å². The van der Waals surface area contributed by atoms with Crippen LogP contribution in [0.25, 0.3) is 0 Å². The molecule has 0 unspecified atom stereocenters. The van der Waals surface area contributed by atoms with Gasteiger partial charge in [-0.25, -0.2) is 0 Å². The van der Waals surface area contributed by atoms with E-state index in [4.69, 9.17) is 0 Å². The molecular weight excluding hydrogens is 379 g/mol. The molecule has 4 rings (SSSR count). The summed E-state index contributed by atoms with van der Waals surface area (Å²) in [6.45, 7) is 1.76. The topological polar surface area (TPSA) is 47.3 Å². The molecule has 1 saturated heterocycles. The van der Waals surface area contributed by atoms with E-state index in [9.17, 15) is 23.2 Å². The Bertz CT molecular complexity index is 972. The van der Waals surface area contributed by atoms with Gasteiger partial charge in [0.25, 0.3) is 0 Å². The molecule has 0 bridgehead atoms. The molecule has 0 radical (unpaired) electrons. The Balaban J connectivity index is 1.45. The number of alkyl halides is 3. The maximum Gasteiger partial charge on any atom is 0.416 e. The fourth-order valence-electron chi connectivity index (χ4n) is 4.23. The summed E-state index contributed by atoms with van der Waals surface area (Å²) in [4.78, 5) is 16.8. The first-order valence-electron chi connectivity index (χ1n) is 9.64. The number of halogens is 3. The largest absolute Gasteiger partial charge is 0.416 e. The number of fused-ring (bicyclic) bond motifs is 1. The van der Waals surface area contributed by atoms with Crippen LogP contribution in [0.1, 0.15) is 29.5 Å². The molecule has 29 heavy (non-hydrogen) atoms. The van der Waals surface area contributed by atoms with Gasteiger partial charge in [-0.3, -0.25) is 4.79 Å². The lowest BCUT2D eigenvalue weighted by Gasteiger charge is -2.35. The fourth-order valence-corrected chi connectivity index (χ4v) is 4.23. The highest BCUT2D eigenvalue weighted by Gasteiger charge is 2.34. The number of nitriles is 1. The molecule has 1 fully saturated rings. The Morgan fingerprint density at radius 2 is 1.76 bits per heavy atom. The summed E-state index contributed by atoms with van der Waals surface area (Å²) in [6.07, 6.45) is -2.39. The predicted octanol–water partition coefficient (Wildman–Crippen LogP) is 4.38. The molecule has 0 aromatic heterocycles. The number of nitrogens with zero attached hydrogens (tertiary/aromatic N) is 3. The number of hydrogen-bond donors (Lipinski definition) is 0. The molecule has 1 amide bonds. The van der Waals surface area contributed by atoms with Crippen LogP contribution in [-0.2, 0) is 17.4 Å². The van der Waals surface area contributed by atoms with Crippen LogP contribution in [0.3, 0.4) is 0 Å². The van der Waals surface area contributed by atoms with Crippen molar-refractivity contribution in [1.29, 1.82) is 5.26 Å². The van der Waals surface area contributed by atoms with Crippen molar-refractivity contribution in [3.63, 3.8) is 0 Å². The van der Waals surface area contributed by atoms with E-state index in [0.29, 0.717) is 38.2 Å². The van der Waals surface area contributed by atoms with E-state index in [2.05, 4.69) is 0 Å². The second-order valence-electron chi connectivity index (χ2n) is 7.47. The molecule has 2 heterocycles. The number of rotatable bonds is 2. The number of carbonyl (C=O) groups excluding carboxylic acids is 1. The molecule has 2 aromatic rings. The van der Waals surface area contributed by atoms with E-state index in [1.807, 2.05) is 40.1 Å². The van der Waals surface area contributed by atoms with Crippen molar-refractivity contribution in [1.82, 2.24) is 0 Å². The van der Waals surface area contributed by atoms with Gasteiger partial charge in [-0.2, -0.15) is 18.4 Å². The number of amides is 1. The molecular formula is C22H20F3N3O. The van der Waals surface area contributed by atoms with E-state index in [1.165, 1.54) is 11.6 Å². The Kier molecular flexibility index (Phi) is 4.95. The van der Waals surface area contributed by atoms with Crippen LogP contribution in [0.15, 0.2) is 42.5 Å². The zero-order chi connectivity index (χ0) is 20.6. The minimum Gasteiger partial charge on any atom is -0.370 e. The third kappa shape index (κ3) is 3.67. The lowest BCUT2D eigenvalue weighted by molar-refractivity contribution is -0.137. The van der Waals surface area contributed by atoms with E-state index < -0.39 is 11.7 Å². The maximum absolute atomic E-state index is 13.0. The second-order valence-corrected chi connectivity index (χ2v) is 7.47. The molecule has 2 aliphatic rings. The third-order valence-corrected chi connectivity index (χ3v) is 5.78. The van der Waals surface area contributed by atoms with Gasteiger partial charge in [0, 0.05) is 31.2 Å². The van der Waals surface area contributed by atoms with Crippen molar-refractivity contribution in [2.45, 2.75) is 25.4 Å². The quantitative estimate of drug-likeness (QED) is 0.753. The summed E-state index contributed by atoms with van der Waals surface area (Å²) in [5, 5.41) is 9.31. The minimum atomic E-state index is -4.48. The fraction of sp³-hybridized carbons (Fsp3) is 0.364. The summed E-state index contributed by atoms with van der Waals surface area (Å²) >= 11 is 0. The highest BCUT2D eigenvalue weighted by molar-refractivity contribution is 5.97. The first kappa shape index (κ1) is 19.3. The van der Waals surface area contributed by atoms with E-state index in [-0.39, 0.29) is 17.4 Å². The summed E-state index contributed by atoms with van der Waals surface area (Å²) in [5.41, 5.74) is 1.85. The molecule has 0 saturated carbocycles. The Morgan fingerprint density at radius 3 is 2.45 bits per heavy atom. The van der Waals surface area contributed by atoms with Crippen LogP contribution in [0.4, 0.5) is 24.5 Å². The summed E-state index contributed by atoms with van der Waals surface area (Å²) in [5.74, 6) is -0.0000776. The van der Waals surface area contributed by atoms with E-state index in [1.54, 1.807) is 0 Å². The second kappa shape index (κ2) is 7.43. The van der Waals surface area contributed by atoms with Crippen LogP contribution in [0, 0.1) is 17.2 Å². The number of benzene rings is 2. The van der Waals surface area contributed by atoms with E-state index >= 15 is 0 Å². The molecule has 2 aromatic carbocycles. The Labute approximate surface area is 167 Å². The van der Waals surface area contributed by atoms with Gasteiger partial charge in [0.15, 0.2) is 0 Å². The van der Waals surface area contributed by atoms with Crippen molar-refractivity contribution >= 4 is 17.3 Å². The summed E-state index contributed by atoms with van der Waals surface area (Å²) < 4.78 is 38.7. The molecule has 0 aliphatic carbocycles. The zero-order valence-corrected chi connectivity index (χ0v) is 15.7. The predicted molar refractivity (Wildman–Crippen MR) is 104 cm³/mol. The smallest absolute Gasteiger partial charge is 0.370 e. The number of carbonyl (C=O) groups is 1. The van der Waals surface area contributed by atoms with Crippen molar-refractivity contribution in [3.8, 4) is 6.07 Å². The van der Waals surface area contributed by atoms with Crippen LogP contribution in [0.2, 0.25) is 0 Å². The van der Waals surface area contributed by atoms with Gasteiger partial charge in [-0.15, -0.1) is 0 Å². The number of para-hydroxylation sites is 1. The third-order valence-electron chi connectivity index (χ3n) is 5.78. The van der Waals surface area contributed by atoms with Crippen LogP contribution in [-0.4, -0.2) is 25.5 Å². The highest BCUT2D eigenvalue weighted by Crippen LogP contribution is 2.35. The minimum absolute atomic E-state index is 0.0121. The zero-order valence-electron chi connectivity index (χ0n) is 15.7. The van der Waals surface area contributed by atoms with Crippen LogP contribution in [0.5, 0.6) is 0 Å². The van der Waals surface area contributed by atoms with Crippen LogP contribution < -0.4 is 9.80 Å². The van der Waals surface area contributed by atoms with Gasteiger partial charge >= 0.3 is 6.18 Å². The monoisotopic (exact) mass is 399 g/mol. The average Bonchev–Trinajstić information content (AvgIpc) is 3.16. The number of piperidine rings is 1. The van der Waals surface area contributed by atoms with Crippen LogP contribution >= 0.6 is 0 Å².